The smallest absolute Gasteiger partial charge is 0.101 e. The fourth-order valence-electron chi connectivity index (χ4n) is 7.66. The van der Waals surface area contributed by atoms with Gasteiger partial charge in [0.15, 0.2) is 0 Å². The first kappa shape index (κ1) is 23.1. The van der Waals surface area contributed by atoms with Crippen LogP contribution in [0.4, 0.5) is 4.39 Å². The molecule has 4 heterocycles. The summed E-state index contributed by atoms with van der Waals surface area (Å²) in [5.74, 6) is 1.83. The van der Waals surface area contributed by atoms with Gasteiger partial charge in [0.25, 0.3) is 0 Å². The minimum Gasteiger partial charge on any atom is -0.372 e. The largest absolute Gasteiger partial charge is 0.372 e. The molecule has 33 heavy (non-hydrogen) atoms. The lowest BCUT2D eigenvalue weighted by atomic mass is 9.69. The number of ether oxygens (including phenoxy) is 2. The third-order valence-electron chi connectivity index (χ3n) is 9.56. The number of halogens is 1. The summed E-state index contributed by atoms with van der Waals surface area (Å²) in [6.45, 7) is 6.08. The highest BCUT2D eigenvalue weighted by atomic mass is 19.1. The summed E-state index contributed by atoms with van der Waals surface area (Å²) < 4.78 is 28.4. The van der Waals surface area contributed by atoms with Gasteiger partial charge in [-0.3, -0.25) is 10.7 Å². The number of nitrogens with one attached hydrogen (secondary N) is 3. The molecule has 6 aliphatic rings. The molecule has 188 valence electrons. The van der Waals surface area contributed by atoms with Crippen LogP contribution in [-0.2, 0) is 9.47 Å². The number of piperidine rings is 2. The van der Waals surface area contributed by atoms with Crippen molar-refractivity contribution in [1.29, 1.82) is 0 Å². The number of nitrogens with zero attached hydrogens (tertiary/aromatic N) is 1. The van der Waals surface area contributed by atoms with Gasteiger partial charge in [0.05, 0.1) is 36.6 Å². The molecule has 2 saturated carbocycles. The van der Waals surface area contributed by atoms with E-state index in [-0.39, 0.29) is 42.5 Å². The van der Waals surface area contributed by atoms with Crippen molar-refractivity contribution in [3.05, 3.63) is 0 Å². The quantitative estimate of drug-likeness (QED) is 0.492. The Morgan fingerprint density at radius 1 is 0.939 bits per heavy atom. The molecule has 0 aromatic heterocycles. The zero-order chi connectivity index (χ0) is 22.5. The molecule has 0 spiro atoms. The lowest BCUT2D eigenvalue weighted by molar-refractivity contribution is -0.136. The first-order valence-corrected chi connectivity index (χ1v) is 13.7. The summed E-state index contributed by atoms with van der Waals surface area (Å²) in [5.41, 5.74) is 10.2. The van der Waals surface area contributed by atoms with E-state index in [9.17, 15) is 4.39 Å². The Bertz CT molecular complexity index is 683. The monoisotopic (exact) mass is 465 g/mol. The van der Waals surface area contributed by atoms with Crippen molar-refractivity contribution in [3.63, 3.8) is 0 Å². The van der Waals surface area contributed by atoms with Gasteiger partial charge in [0.1, 0.15) is 6.17 Å². The maximum absolute atomic E-state index is 14.6. The number of nitrogens with two attached hydrogens (primary N) is 1. The van der Waals surface area contributed by atoms with E-state index in [4.69, 9.17) is 15.2 Å². The normalized spacial score (nSPS) is 51.5. The third-order valence-corrected chi connectivity index (χ3v) is 9.56. The Morgan fingerprint density at radius 2 is 1.82 bits per heavy atom. The summed E-state index contributed by atoms with van der Waals surface area (Å²) >= 11 is 0. The van der Waals surface area contributed by atoms with Crippen molar-refractivity contribution >= 4 is 0 Å². The SMILES string of the molecule is CC1OC2C[C@H](CNC2N)C2C(CNN2CC2CC2)OC2CCCNC2C2CCC(F)CC12. The Hall–Kier alpha value is -0.350. The number of rotatable bonds is 2. The van der Waals surface area contributed by atoms with Gasteiger partial charge in [-0.1, -0.05) is 0 Å². The molecule has 6 rings (SSSR count). The summed E-state index contributed by atoms with van der Waals surface area (Å²) in [5, 5.41) is 9.88. The van der Waals surface area contributed by atoms with E-state index in [1.54, 1.807) is 0 Å². The predicted molar refractivity (Wildman–Crippen MR) is 125 cm³/mol. The molecular formula is C25H44FN5O2. The Labute approximate surface area is 198 Å². The van der Waals surface area contributed by atoms with Gasteiger partial charge in [-0.25, -0.2) is 9.40 Å². The zero-order valence-corrected chi connectivity index (χ0v) is 20.1. The Morgan fingerprint density at radius 3 is 2.67 bits per heavy atom. The van der Waals surface area contributed by atoms with Gasteiger partial charge in [-0.2, -0.15) is 0 Å². The maximum atomic E-state index is 14.6. The van der Waals surface area contributed by atoms with Crippen LogP contribution in [0.25, 0.3) is 0 Å². The Balaban J connectivity index is 1.31. The third kappa shape index (κ3) is 4.74. The molecule has 0 aromatic rings. The zero-order valence-electron chi connectivity index (χ0n) is 20.1. The van der Waals surface area contributed by atoms with Crippen molar-refractivity contribution in [2.24, 2.45) is 29.4 Å². The van der Waals surface area contributed by atoms with Gasteiger partial charge in [-0.05, 0) is 88.5 Å². The van der Waals surface area contributed by atoms with Crippen LogP contribution in [-0.4, -0.2) is 80.0 Å². The fourth-order valence-corrected chi connectivity index (χ4v) is 7.66. The highest BCUT2D eigenvalue weighted by molar-refractivity contribution is 5.02. The average Bonchev–Trinajstić information content (AvgIpc) is 3.54. The fraction of sp³-hybridized carbons (Fsp3) is 1.00. The van der Waals surface area contributed by atoms with Crippen LogP contribution in [0.2, 0.25) is 0 Å². The van der Waals surface area contributed by atoms with E-state index in [2.05, 4.69) is 28.0 Å². The van der Waals surface area contributed by atoms with Crippen molar-refractivity contribution in [2.75, 3.05) is 26.2 Å². The number of hydrazine groups is 1. The molecule has 5 N–H and O–H groups in total. The second-order valence-electron chi connectivity index (χ2n) is 11.8. The van der Waals surface area contributed by atoms with Crippen LogP contribution in [0.1, 0.15) is 58.3 Å². The number of fused-ring (bicyclic) bond motifs is 7. The average molecular weight is 466 g/mol. The number of hydrogen-bond donors (Lipinski definition) is 4. The van der Waals surface area contributed by atoms with E-state index in [0.29, 0.717) is 30.7 Å². The summed E-state index contributed by atoms with van der Waals surface area (Å²) in [4.78, 5) is 0. The van der Waals surface area contributed by atoms with Crippen molar-refractivity contribution in [1.82, 2.24) is 21.1 Å². The molecule has 0 amide bonds. The van der Waals surface area contributed by atoms with Gasteiger partial charge >= 0.3 is 0 Å². The molecule has 2 aliphatic carbocycles. The molecule has 2 bridgehead atoms. The minimum absolute atomic E-state index is 0.00554. The van der Waals surface area contributed by atoms with E-state index in [0.717, 1.165) is 57.8 Å². The van der Waals surface area contributed by atoms with Gasteiger partial charge in [-0.15, -0.1) is 0 Å². The van der Waals surface area contributed by atoms with E-state index in [1.165, 1.54) is 12.8 Å². The lowest BCUT2D eigenvalue weighted by Gasteiger charge is -2.49. The van der Waals surface area contributed by atoms with Crippen LogP contribution < -0.4 is 21.8 Å². The highest BCUT2D eigenvalue weighted by Gasteiger charge is 2.50. The van der Waals surface area contributed by atoms with Crippen LogP contribution in [0, 0.1) is 23.7 Å². The first-order chi connectivity index (χ1) is 16.1. The van der Waals surface area contributed by atoms with E-state index >= 15 is 0 Å². The van der Waals surface area contributed by atoms with Crippen LogP contribution >= 0.6 is 0 Å². The molecule has 11 atom stereocenters. The molecule has 0 radical (unpaired) electrons. The molecule has 4 saturated heterocycles. The standard InChI is InChI=1S/C25H44FN5O2/c1-14-19-10-17(26)6-7-18(19)23-20(3-2-8-28-23)33-22-12-30-31(13-15-4-5-15)24(22)16-9-21(32-14)25(27)29-11-16/h14-25,28-30H,2-13,27H2,1H3/t14?,16-,17?,18?,19?,20?,21?,22?,23?,24?,25?/m1/s1. The molecular weight excluding hydrogens is 421 g/mol. The highest BCUT2D eigenvalue weighted by Crippen LogP contribution is 2.42. The van der Waals surface area contributed by atoms with Crippen molar-refractivity contribution in [3.8, 4) is 0 Å². The van der Waals surface area contributed by atoms with Crippen LogP contribution in [0.3, 0.4) is 0 Å². The van der Waals surface area contributed by atoms with E-state index < -0.39 is 6.17 Å². The predicted octanol–water partition coefficient (Wildman–Crippen LogP) is 1.53. The second-order valence-corrected chi connectivity index (χ2v) is 11.8. The number of alkyl halides is 1. The molecule has 7 nitrogen and oxygen atoms in total. The molecule has 10 unspecified atom stereocenters. The van der Waals surface area contributed by atoms with Gasteiger partial charge in [0, 0.05) is 25.7 Å². The van der Waals surface area contributed by atoms with Crippen LogP contribution in [0.5, 0.6) is 0 Å². The van der Waals surface area contributed by atoms with Crippen molar-refractivity contribution in [2.45, 2.75) is 107 Å². The summed E-state index contributed by atoms with van der Waals surface area (Å²) in [6, 6.07) is 0.623. The molecule has 0 aromatic carbocycles. The lowest BCUT2D eigenvalue weighted by Crippen LogP contribution is -2.62. The van der Waals surface area contributed by atoms with E-state index in [1.807, 2.05) is 0 Å². The molecule has 8 heteroatoms. The minimum atomic E-state index is -0.724. The number of hydrogen-bond acceptors (Lipinski definition) is 7. The molecule has 4 aliphatic heterocycles. The van der Waals surface area contributed by atoms with Crippen LogP contribution in [0.15, 0.2) is 0 Å². The Kier molecular flexibility index (Phi) is 6.71. The first-order valence-electron chi connectivity index (χ1n) is 13.7. The van der Waals surface area contributed by atoms with Gasteiger partial charge < -0.3 is 20.5 Å². The summed E-state index contributed by atoms with van der Waals surface area (Å²) in [7, 11) is 0. The summed E-state index contributed by atoms with van der Waals surface area (Å²) in [6.07, 6.45) is 7.47. The second kappa shape index (κ2) is 9.60. The molecule has 6 fully saturated rings. The maximum Gasteiger partial charge on any atom is 0.101 e. The topological polar surface area (TPSA) is 83.8 Å². The van der Waals surface area contributed by atoms with Crippen molar-refractivity contribution < 1.29 is 13.9 Å². The van der Waals surface area contributed by atoms with Gasteiger partial charge in [0.2, 0.25) is 0 Å².